The molecular weight excluding hydrogens is 204 g/mol. The van der Waals surface area contributed by atoms with Crippen LogP contribution in [0.1, 0.15) is 6.42 Å². The summed E-state index contributed by atoms with van der Waals surface area (Å²) in [6, 6.07) is -0.0418. The molecule has 7 heteroatoms. The molecule has 6 nitrogen and oxygen atoms in total. The van der Waals surface area contributed by atoms with E-state index in [2.05, 4.69) is 15.5 Å². The second-order valence-corrected chi connectivity index (χ2v) is 5.67. The highest BCUT2D eigenvalue weighted by atomic mass is 32.2. The van der Waals surface area contributed by atoms with Crippen LogP contribution in [0.3, 0.4) is 0 Å². The summed E-state index contributed by atoms with van der Waals surface area (Å²) < 4.78 is 22.3. The van der Waals surface area contributed by atoms with E-state index in [4.69, 9.17) is 5.73 Å². The van der Waals surface area contributed by atoms with Gasteiger partial charge >= 0.3 is 0 Å². The predicted octanol–water partition coefficient (Wildman–Crippen LogP) is -0.409. The van der Waals surface area contributed by atoms with Crippen LogP contribution < -0.4 is 11.1 Å². The van der Waals surface area contributed by atoms with Gasteiger partial charge in [0.1, 0.15) is 5.82 Å². The van der Waals surface area contributed by atoms with E-state index in [0.717, 1.165) is 0 Å². The molecule has 1 atom stereocenters. The fourth-order valence-electron chi connectivity index (χ4n) is 1.54. The predicted molar refractivity (Wildman–Crippen MR) is 53.7 cm³/mol. The smallest absolute Gasteiger partial charge is 0.152 e. The number of sulfone groups is 1. The molecule has 0 bridgehead atoms. The third-order valence-corrected chi connectivity index (χ3v) is 4.03. The molecule has 1 unspecified atom stereocenters. The zero-order chi connectivity index (χ0) is 10.2. The van der Waals surface area contributed by atoms with Gasteiger partial charge in [0, 0.05) is 6.04 Å². The maximum atomic E-state index is 11.2. The fourth-order valence-corrected chi connectivity index (χ4v) is 3.21. The van der Waals surface area contributed by atoms with Gasteiger partial charge in [0.2, 0.25) is 0 Å². The van der Waals surface area contributed by atoms with E-state index < -0.39 is 9.84 Å². The van der Waals surface area contributed by atoms with Crippen molar-refractivity contribution in [3.63, 3.8) is 0 Å². The van der Waals surface area contributed by atoms with Crippen molar-refractivity contribution >= 4 is 21.3 Å². The van der Waals surface area contributed by atoms with Crippen molar-refractivity contribution in [1.29, 1.82) is 0 Å². The van der Waals surface area contributed by atoms with Gasteiger partial charge in [0.25, 0.3) is 0 Å². The first-order valence-corrected chi connectivity index (χ1v) is 6.15. The number of hydrogen-bond donors (Lipinski definition) is 3. The van der Waals surface area contributed by atoms with Crippen LogP contribution in [0.4, 0.5) is 11.5 Å². The van der Waals surface area contributed by atoms with Crippen LogP contribution in [0, 0.1) is 0 Å². The number of nitrogens with one attached hydrogen (secondary N) is 2. The molecule has 0 radical (unpaired) electrons. The van der Waals surface area contributed by atoms with Crippen molar-refractivity contribution in [3.8, 4) is 0 Å². The summed E-state index contributed by atoms with van der Waals surface area (Å²) in [7, 11) is -2.85. The lowest BCUT2D eigenvalue weighted by Crippen LogP contribution is -2.20. The second-order valence-electron chi connectivity index (χ2n) is 3.44. The van der Waals surface area contributed by atoms with Gasteiger partial charge in [-0.1, -0.05) is 0 Å². The maximum Gasteiger partial charge on any atom is 0.152 e. The first-order chi connectivity index (χ1) is 6.57. The maximum absolute atomic E-state index is 11.2. The topological polar surface area (TPSA) is 101 Å². The summed E-state index contributed by atoms with van der Waals surface area (Å²) >= 11 is 0. The molecule has 1 aliphatic heterocycles. The number of aromatic amines is 1. The zero-order valence-electron chi connectivity index (χ0n) is 7.53. The molecule has 1 aliphatic rings. The second kappa shape index (κ2) is 3.16. The van der Waals surface area contributed by atoms with E-state index in [9.17, 15) is 8.42 Å². The Morgan fingerprint density at radius 1 is 1.64 bits per heavy atom. The Bertz CT molecular complexity index is 425. The van der Waals surface area contributed by atoms with E-state index in [1.54, 1.807) is 6.20 Å². The normalized spacial score (nSPS) is 25.0. The van der Waals surface area contributed by atoms with Crippen molar-refractivity contribution < 1.29 is 8.42 Å². The number of rotatable bonds is 2. The van der Waals surface area contributed by atoms with Gasteiger partial charge in [-0.25, -0.2) is 8.42 Å². The molecule has 0 amide bonds. The van der Waals surface area contributed by atoms with E-state index in [1.807, 2.05) is 0 Å². The molecule has 0 spiro atoms. The Morgan fingerprint density at radius 3 is 2.93 bits per heavy atom. The highest BCUT2D eigenvalue weighted by Crippen LogP contribution is 2.20. The van der Waals surface area contributed by atoms with Crippen LogP contribution in [0.2, 0.25) is 0 Å². The largest absolute Gasteiger partial charge is 0.382 e. The van der Waals surface area contributed by atoms with Gasteiger partial charge in [-0.15, -0.1) is 0 Å². The van der Waals surface area contributed by atoms with Gasteiger partial charge in [-0.05, 0) is 6.42 Å². The number of H-pyrrole nitrogens is 1. The lowest BCUT2D eigenvalue weighted by molar-refractivity contribution is 0.602. The third kappa shape index (κ3) is 1.82. The lowest BCUT2D eigenvalue weighted by Gasteiger charge is -2.10. The SMILES string of the molecule is Nc1[nH]ncc1NC1CCS(=O)(=O)C1. The number of hydrogen-bond acceptors (Lipinski definition) is 5. The highest BCUT2D eigenvalue weighted by molar-refractivity contribution is 7.91. The quantitative estimate of drug-likeness (QED) is 0.624. The molecule has 2 heterocycles. The zero-order valence-corrected chi connectivity index (χ0v) is 8.34. The van der Waals surface area contributed by atoms with E-state index >= 15 is 0 Å². The number of anilines is 2. The summed E-state index contributed by atoms with van der Waals surface area (Å²) in [5, 5.41) is 9.36. The van der Waals surface area contributed by atoms with E-state index in [1.165, 1.54) is 0 Å². The molecule has 78 valence electrons. The summed E-state index contributed by atoms with van der Waals surface area (Å²) in [5.41, 5.74) is 6.23. The number of nitrogen functional groups attached to an aromatic ring is 1. The highest BCUT2D eigenvalue weighted by Gasteiger charge is 2.28. The minimum Gasteiger partial charge on any atom is -0.382 e. The van der Waals surface area contributed by atoms with Crippen molar-refractivity contribution in [1.82, 2.24) is 10.2 Å². The Balaban J connectivity index is 2.04. The minimum atomic E-state index is -2.85. The molecule has 1 aromatic heterocycles. The molecule has 0 saturated carbocycles. The van der Waals surface area contributed by atoms with Crippen molar-refractivity contribution in [3.05, 3.63) is 6.20 Å². The van der Waals surface area contributed by atoms with Gasteiger partial charge in [-0.3, -0.25) is 5.10 Å². The lowest BCUT2D eigenvalue weighted by atomic mass is 10.2. The van der Waals surface area contributed by atoms with Crippen LogP contribution in [0.15, 0.2) is 6.20 Å². The van der Waals surface area contributed by atoms with Crippen molar-refractivity contribution in [2.75, 3.05) is 22.6 Å². The van der Waals surface area contributed by atoms with Gasteiger partial charge in [-0.2, -0.15) is 5.10 Å². The number of nitrogens with two attached hydrogens (primary N) is 1. The Hall–Kier alpha value is -1.24. The van der Waals surface area contributed by atoms with Gasteiger partial charge < -0.3 is 11.1 Å². The van der Waals surface area contributed by atoms with Crippen LogP contribution >= 0.6 is 0 Å². The molecule has 0 aliphatic carbocycles. The first-order valence-electron chi connectivity index (χ1n) is 4.33. The van der Waals surface area contributed by atoms with E-state index in [-0.39, 0.29) is 17.5 Å². The van der Waals surface area contributed by atoms with Crippen LogP contribution in [-0.4, -0.2) is 36.2 Å². The summed E-state index contributed by atoms with van der Waals surface area (Å²) in [6.07, 6.45) is 2.19. The molecule has 0 aromatic carbocycles. The van der Waals surface area contributed by atoms with Crippen molar-refractivity contribution in [2.24, 2.45) is 0 Å². The average molecular weight is 216 g/mol. The molecule has 1 aromatic rings. The molecule has 4 N–H and O–H groups in total. The third-order valence-electron chi connectivity index (χ3n) is 2.26. The Labute approximate surface area is 81.8 Å². The van der Waals surface area contributed by atoms with Crippen molar-refractivity contribution in [2.45, 2.75) is 12.5 Å². The molecular formula is C7H12N4O2S. The van der Waals surface area contributed by atoms with Gasteiger partial charge in [0.05, 0.1) is 23.4 Å². The monoisotopic (exact) mass is 216 g/mol. The van der Waals surface area contributed by atoms with E-state index in [0.29, 0.717) is 17.9 Å². The Kier molecular flexibility index (Phi) is 2.10. The molecule has 1 saturated heterocycles. The van der Waals surface area contributed by atoms with Gasteiger partial charge in [0.15, 0.2) is 9.84 Å². The molecule has 2 rings (SSSR count). The first kappa shape index (κ1) is 9.32. The number of aromatic nitrogens is 2. The fraction of sp³-hybridized carbons (Fsp3) is 0.571. The minimum absolute atomic E-state index is 0.0418. The standard InChI is InChI=1S/C7H12N4O2S/c8-7-6(3-9-11-7)10-5-1-2-14(12,13)4-5/h3,5,10H,1-2,4H2,(H3,8,9,11). The molecule has 1 fully saturated rings. The van der Waals surface area contributed by atoms with Crippen LogP contribution in [0.5, 0.6) is 0 Å². The Morgan fingerprint density at radius 2 is 2.43 bits per heavy atom. The van der Waals surface area contributed by atoms with Crippen LogP contribution in [0.25, 0.3) is 0 Å². The van der Waals surface area contributed by atoms with Crippen LogP contribution in [-0.2, 0) is 9.84 Å². The molecule has 14 heavy (non-hydrogen) atoms. The average Bonchev–Trinajstić information content (AvgIpc) is 2.61. The number of nitrogens with zero attached hydrogens (tertiary/aromatic N) is 1. The summed E-state index contributed by atoms with van der Waals surface area (Å²) in [5.74, 6) is 0.870. The summed E-state index contributed by atoms with van der Waals surface area (Å²) in [4.78, 5) is 0. The summed E-state index contributed by atoms with van der Waals surface area (Å²) in [6.45, 7) is 0.